The lowest BCUT2D eigenvalue weighted by atomic mass is 10.0. The molecule has 0 aliphatic carbocycles. The smallest absolute Gasteiger partial charge is 0.261 e. The summed E-state index contributed by atoms with van der Waals surface area (Å²) in [6.45, 7) is 5.10. The molecule has 0 bridgehead atoms. The zero-order valence-corrected chi connectivity index (χ0v) is 19.7. The molecule has 1 N–H and O–H groups in total. The van der Waals surface area contributed by atoms with Crippen LogP contribution in [0, 0.1) is 12.7 Å². The molecule has 0 radical (unpaired) electrons. The highest BCUT2D eigenvalue weighted by atomic mass is 32.1. The van der Waals surface area contributed by atoms with E-state index < -0.39 is 0 Å². The summed E-state index contributed by atoms with van der Waals surface area (Å²) in [5.41, 5.74) is 1.59. The molecule has 10 heteroatoms. The summed E-state index contributed by atoms with van der Waals surface area (Å²) in [5.74, 6) is 0.412. The van der Waals surface area contributed by atoms with Crippen molar-refractivity contribution in [1.82, 2.24) is 20.2 Å². The van der Waals surface area contributed by atoms with Crippen LogP contribution in [0.4, 0.5) is 4.39 Å². The lowest BCUT2D eigenvalue weighted by Crippen LogP contribution is -2.43. The van der Waals surface area contributed by atoms with Crippen LogP contribution in [-0.2, 0) is 16.1 Å². The Bertz CT molecular complexity index is 1130. The molecule has 1 aromatic carbocycles. The van der Waals surface area contributed by atoms with Crippen LogP contribution in [0.25, 0.3) is 10.2 Å². The van der Waals surface area contributed by atoms with E-state index in [0.717, 1.165) is 16.5 Å². The van der Waals surface area contributed by atoms with Gasteiger partial charge in [0.15, 0.2) is 5.82 Å². The molecule has 4 rings (SSSR count). The maximum atomic E-state index is 13.9. The Kier molecular flexibility index (Phi) is 7.49. The summed E-state index contributed by atoms with van der Waals surface area (Å²) in [7, 11) is 3.11. The topological polar surface area (TPSA) is 85.8 Å². The fourth-order valence-corrected chi connectivity index (χ4v) is 5.14. The fourth-order valence-electron chi connectivity index (χ4n) is 4.03. The number of halogens is 1. The van der Waals surface area contributed by atoms with Crippen LogP contribution in [0.15, 0.2) is 24.3 Å². The van der Waals surface area contributed by atoms with Gasteiger partial charge in [-0.15, -0.1) is 11.3 Å². The Morgan fingerprint density at radius 2 is 2.09 bits per heavy atom. The molecule has 3 heterocycles. The van der Waals surface area contributed by atoms with E-state index >= 15 is 0 Å². The second kappa shape index (κ2) is 10.5. The minimum Gasteiger partial charge on any atom is -0.480 e. The van der Waals surface area contributed by atoms with Gasteiger partial charge in [-0.25, -0.2) is 9.37 Å². The number of thiophene rings is 1. The molecule has 1 aliphatic heterocycles. The first kappa shape index (κ1) is 23.5. The maximum absolute atomic E-state index is 13.9. The zero-order chi connectivity index (χ0) is 23.4. The van der Waals surface area contributed by atoms with Crippen LogP contribution in [-0.4, -0.2) is 67.8 Å². The molecule has 0 spiro atoms. The van der Waals surface area contributed by atoms with Gasteiger partial charge in [0.1, 0.15) is 17.3 Å². The molecule has 1 aliphatic rings. The van der Waals surface area contributed by atoms with Crippen LogP contribution in [0.1, 0.15) is 32.7 Å². The summed E-state index contributed by atoms with van der Waals surface area (Å²) >= 11 is 1.29. The normalized spacial score (nSPS) is 15.5. The molecule has 1 atom stereocenters. The number of fused-ring (bicyclic) bond motifs is 1. The van der Waals surface area contributed by atoms with Crippen LogP contribution >= 0.6 is 11.3 Å². The highest BCUT2D eigenvalue weighted by Gasteiger charge is 2.26. The Hall–Kier alpha value is -2.66. The van der Waals surface area contributed by atoms with Crippen molar-refractivity contribution in [2.75, 3.05) is 47.1 Å². The average molecular weight is 475 g/mol. The number of hydrogen-bond donors (Lipinski definition) is 1. The largest absolute Gasteiger partial charge is 0.480 e. The SMILES string of the molecule is COCc1nc(OC)c2c(C)c(C(=O)NCC(c3cccc(F)c3)N3CCOCC3)sc2n1. The number of nitrogens with one attached hydrogen (secondary N) is 1. The third-order valence-corrected chi connectivity index (χ3v) is 6.84. The maximum Gasteiger partial charge on any atom is 0.261 e. The molecule has 0 saturated carbocycles. The molecule has 33 heavy (non-hydrogen) atoms. The van der Waals surface area contributed by atoms with Crippen molar-refractivity contribution in [3.8, 4) is 5.88 Å². The van der Waals surface area contributed by atoms with E-state index in [2.05, 4.69) is 20.2 Å². The molecule has 3 aromatic rings. The van der Waals surface area contributed by atoms with E-state index in [1.165, 1.54) is 23.5 Å². The Morgan fingerprint density at radius 1 is 1.30 bits per heavy atom. The lowest BCUT2D eigenvalue weighted by Gasteiger charge is -2.35. The molecule has 1 fully saturated rings. The summed E-state index contributed by atoms with van der Waals surface area (Å²) in [6.07, 6.45) is 0. The van der Waals surface area contributed by atoms with Crippen LogP contribution < -0.4 is 10.1 Å². The Labute approximate surface area is 195 Å². The highest BCUT2D eigenvalue weighted by molar-refractivity contribution is 7.20. The van der Waals surface area contributed by atoms with Crippen LogP contribution in [0.2, 0.25) is 0 Å². The second-order valence-corrected chi connectivity index (χ2v) is 8.75. The number of aromatic nitrogens is 2. The van der Waals surface area contributed by atoms with Gasteiger partial charge in [-0.2, -0.15) is 4.98 Å². The summed E-state index contributed by atoms with van der Waals surface area (Å²) in [5, 5.41) is 3.77. The van der Waals surface area contributed by atoms with Gasteiger partial charge in [-0.1, -0.05) is 12.1 Å². The number of nitrogens with zero attached hydrogens (tertiary/aromatic N) is 3. The average Bonchev–Trinajstić information content (AvgIpc) is 3.16. The summed E-state index contributed by atoms with van der Waals surface area (Å²) < 4.78 is 30.0. The second-order valence-electron chi connectivity index (χ2n) is 7.75. The van der Waals surface area contributed by atoms with Crippen molar-refractivity contribution in [3.63, 3.8) is 0 Å². The van der Waals surface area contributed by atoms with E-state index in [0.29, 0.717) is 54.3 Å². The number of carbonyl (C=O) groups is 1. The van der Waals surface area contributed by atoms with Crippen molar-refractivity contribution in [2.45, 2.75) is 19.6 Å². The predicted octanol–water partition coefficient (Wildman–Crippen LogP) is 3.10. The number of amides is 1. The van der Waals surface area contributed by atoms with Crippen molar-refractivity contribution < 1.29 is 23.4 Å². The van der Waals surface area contributed by atoms with E-state index in [1.54, 1.807) is 20.3 Å². The third-order valence-electron chi connectivity index (χ3n) is 5.65. The Morgan fingerprint density at radius 3 is 2.79 bits per heavy atom. The number of benzene rings is 1. The van der Waals surface area contributed by atoms with Crippen molar-refractivity contribution in [3.05, 3.63) is 51.9 Å². The summed E-state index contributed by atoms with van der Waals surface area (Å²) in [6, 6.07) is 6.36. The van der Waals surface area contributed by atoms with E-state index in [9.17, 15) is 9.18 Å². The number of ether oxygens (including phenoxy) is 3. The predicted molar refractivity (Wildman–Crippen MR) is 123 cm³/mol. The van der Waals surface area contributed by atoms with Gasteiger partial charge in [0.25, 0.3) is 5.91 Å². The monoisotopic (exact) mass is 474 g/mol. The van der Waals surface area contributed by atoms with Crippen LogP contribution in [0.3, 0.4) is 0 Å². The minimum absolute atomic E-state index is 0.161. The van der Waals surface area contributed by atoms with Gasteiger partial charge < -0.3 is 19.5 Å². The molecule has 1 saturated heterocycles. The molecular weight excluding hydrogens is 447 g/mol. The quantitative estimate of drug-likeness (QED) is 0.537. The van der Waals surface area contributed by atoms with Crippen molar-refractivity contribution in [1.29, 1.82) is 0 Å². The van der Waals surface area contributed by atoms with E-state index in [-0.39, 0.29) is 24.4 Å². The zero-order valence-electron chi connectivity index (χ0n) is 18.9. The van der Waals surface area contributed by atoms with Gasteiger partial charge in [0.05, 0.1) is 36.6 Å². The van der Waals surface area contributed by atoms with Crippen molar-refractivity contribution in [2.24, 2.45) is 0 Å². The standard InChI is InChI=1S/C23H27FN4O4S/c1-14-19-22(31-3)26-18(13-30-2)27-23(19)33-20(14)21(29)25-12-17(28-7-9-32-10-8-28)15-5-4-6-16(24)11-15/h4-6,11,17H,7-10,12-13H2,1-3H3,(H,25,29). The molecule has 176 valence electrons. The van der Waals surface area contributed by atoms with Crippen LogP contribution in [0.5, 0.6) is 5.88 Å². The third kappa shape index (κ3) is 5.14. The molecule has 2 aromatic heterocycles. The number of methoxy groups -OCH3 is 2. The first-order valence-electron chi connectivity index (χ1n) is 10.7. The molecular formula is C23H27FN4O4S. The molecule has 8 nitrogen and oxygen atoms in total. The Balaban J connectivity index is 1.59. The van der Waals surface area contributed by atoms with Gasteiger partial charge in [0, 0.05) is 26.7 Å². The van der Waals surface area contributed by atoms with Crippen molar-refractivity contribution >= 4 is 27.5 Å². The minimum atomic E-state index is -0.296. The van der Waals surface area contributed by atoms with Gasteiger partial charge in [0.2, 0.25) is 5.88 Å². The number of carbonyl (C=O) groups excluding carboxylic acids is 1. The number of rotatable bonds is 8. The molecule has 1 unspecified atom stereocenters. The van der Waals surface area contributed by atoms with Gasteiger partial charge in [-0.3, -0.25) is 9.69 Å². The highest BCUT2D eigenvalue weighted by Crippen LogP contribution is 2.35. The van der Waals surface area contributed by atoms with E-state index in [4.69, 9.17) is 14.2 Å². The first-order valence-corrected chi connectivity index (χ1v) is 11.5. The number of aryl methyl sites for hydroxylation is 1. The summed E-state index contributed by atoms with van der Waals surface area (Å²) in [4.78, 5) is 25.5. The van der Waals surface area contributed by atoms with Gasteiger partial charge in [-0.05, 0) is 30.2 Å². The fraction of sp³-hybridized carbons (Fsp3) is 0.435. The first-order chi connectivity index (χ1) is 16.0. The molecule has 1 amide bonds. The van der Waals surface area contributed by atoms with Gasteiger partial charge >= 0.3 is 0 Å². The number of morpholine rings is 1. The number of hydrogen-bond acceptors (Lipinski definition) is 8. The van der Waals surface area contributed by atoms with E-state index in [1.807, 2.05) is 13.0 Å². The lowest BCUT2D eigenvalue weighted by molar-refractivity contribution is 0.0162.